The Balaban J connectivity index is 1.15. The smallest absolute Gasteiger partial charge is 0.249 e. The second-order valence-corrected chi connectivity index (χ2v) is 15.8. The van der Waals surface area contributed by atoms with Gasteiger partial charge in [-0.05, 0) is 122 Å². The van der Waals surface area contributed by atoms with Crippen LogP contribution in [0.25, 0.3) is 10.9 Å². The van der Waals surface area contributed by atoms with E-state index >= 15 is 0 Å². The molecule has 3 unspecified atom stereocenters. The third kappa shape index (κ3) is 7.79. The molecule has 4 saturated carbocycles. The van der Waals surface area contributed by atoms with Crippen LogP contribution in [0.5, 0.6) is 5.75 Å². The van der Waals surface area contributed by atoms with Crippen LogP contribution in [0.15, 0.2) is 47.1 Å². The fourth-order valence-electron chi connectivity index (χ4n) is 9.79. The Morgan fingerprint density at radius 3 is 2.38 bits per heavy atom. The number of benzene rings is 2. The number of nitrogens with zero attached hydrogens (tertiary/aromatic N) is 2. The predicted molar refractivity (Wildman–Crippen MR) is 197 cm³/mol. The number of phenols is 1. The Labute approximate surface area is 303 Å². The number of rotatable bonds is 14. The summed E-state index contributed by atoms with van der Waals surface area (Å²) in [5.74, 6) is 2.39. The maximum absolute atomic E-state index is 14.4. The van der Waals surface area contributed by atoms with Crippen molar-refractivity contribution < 1.29 is 19.2 Å². The molecule has 4 aliphatic carbocycles. The Morgan fingerprint density at radius 1 is 1.04 bits per heavy atom. The van der Waals surface area contributed by atoms with Crippen molar-refractivity contribution in [2.45, 2.75) is 96.2 Å². The van der Waals surface area contributed by atoms with E-state index in [-0.39, 0.29) is 36.5 Å². The first-order valence-electron chi connectivity index (χ1n) is 18.5. The van der Waals surface area contributed by atoms with Crippen molar-refractivity contribution in [3.8, 4) is 5.75 Å². The highest BCUT2D eigenvalue weighted by atomic mass is 16.5. The van der Waals surface area contributed by atoms with E-state index in [1.54, 1.807) is 12.1 Å². The highest BCUT2D eigenvalue weighted by Gasteiger charge is 2.51. The zero-order valence-electron chi connectivity index (χ0n) is 30.0. The monoisotopic (exact) mass is 709 g/mol. The van der Waals surface area contributed by atoms with Crippen LogP contribution >= 0.6 is 0 Å². The number of carbonyl (C=O) groups excluding carboxylic acids is 2. The molecule has 13 nitrogen and oxygen atoms in total. The van der Waals surface area contributed by atoms with E-state index < -0.39 is 29.9 Å². The molecule has 52 heavy (non-hydrogen) atoms. The van der Waals surface area contributed by atoms with E-state index in [2.05, 4.69) is 26.1 Å². The van der Waals surface area contributed by atoms with Crippen molar-refractivity contribution in [2.24, 2.45) is 34.6 Å². The molecule has 2 heterocycles. The van der Waals surface area contributed by atoms with Crippen molar-refractivity contribution >= 4 is 28.7 Å². The van der Waals surface area contributed by atoms with Crippen LogP contribution in [0.2, 0.25) is 0 Å². The summed E-state index contributed by atoms with van der Waals surface area (Å²) in [6.45, 7) is 3.95. The highest BCUT2D eigenvalue weighted by Crippen LogP contribution is 2.60. The number of aromatic amines is 1. The van der Waals surface area contributed by atoms with Gasteiger partial charge in [0.2, 0.25) is 17.7 Å². The Kier molecular flexibility index (Phi) is 9.97. The van der Waals surface area contributed by atoms with Crippen LogP contribution in [0.3, 0.4) is 0 Å². The third-order valence-corrected chi connectivity index (χ3v) is 11.7. The first kappa shape index (κ1) is 35.5. The van der Waals surface area contributed by atoms with Gasteiger partial charge in [0.15, 0.2) is 11.8 Å². The summed E-state index contributed by atoms with van der Waals surface area (Å²) in [5, 5.41) is 31.8. The minimum atomic E-state index is -1.01. The number of phenolic OH excluding ortho intramolecular Hbond substituents is 1. The fourth-order valence-corrected chi connectivity index (χ4v) is 9.79. The summed E-state index contributed by atoms with van der Waals surface area (Å²) in [6.07, 6.45) is 11.2. The maximum atomic E-state index is 14.4. The first-order chi connectivity index (χ1) is 24.9. The lowest BCUT2D eigenvalue weighted by molar-refractivity contribution is -0.130. The number of para-hydroxylation sites is 1. The molecular weight excluding hydrogens is 658 g/mol. The van der Waals surface area contributed by atoms with Gasteiger partial charge in [0.25, 0.3) is 0 Å². The van der Waals surface area contributed by atoms with Crippen LogP contribution in [0.1, 0.15) is 85.0 Å². The quantitative estimate of drug-likeness (QED) is 0.0700. The number of aryl methyl sites for hydroxylation is 2. The van der Waals surface area contributed by atoms with Crippen molar-refractivity contribution in [1.29, 1.82) is 5.41 Å². The number of fused-ring (bicyclic) bond motifs is 1. The van der Waals surface area contributed by atoms with E-state index in [4.69, 9.17) is 26.4 Å². The van der Waals surface area contributed by atoms with E-state index in [1.165, 1.54) is 38.5 Å². The fraction of sp³-hybridized carbons (Fsp3) is 0.513. The Morgan fingerprint density at radius 2 is 1.71 bits per heavy atom. The van der Waals surface area contributed by atoms with Crippen molar-refractivity contribution in [3.05, 3.63) is 76.6 Å². The topological polar surface area (TPSA) is 221 Å². The summed E-state index contributed by atoms with van der Waals surface area (Å²) >= 11 is 0. The summed E-state index contributed by atoms with van der Waals surface area (Å²) in [6, 6.07) is 8.63. The van der Waals surface area contributed by atoms with Gasteiger partial charge in [-0.3, -0.25) is 15.0 Å². The molecular formula is C39H51N9O4. The number of nitrogens with two attached hydrogens (primary N) is 2. The number of aromatic hydroxyl groups is 1. The van der Waals surface area contributed by atoms with Crippen molar-refractivity contribution in [2.75, 3.05) is 6.54 Å². The molecule has 3 atom stereocenters. The van der Waals surface area contributed by atoms with E-state index in [1.807, 2.05) is 44.3 Å². The van der Waals surface area contributed by atoms with E-state index in [0.29, 0.717) is 18.1 Å². The predicted octanol–water partition coefficient (Wildman–Crippen LogP) is 3.96. The SMILES string of the molecule is Cc1cc(O)cc(C)c1CC(NC(=O)C(N)CCNC(=N)N)C(=O)NC(Cc1c[nH]c2ccccc12)c1nc(CC23CC4CC(CC(C4)C2)C3)no1. The molecule has 8 rings (SSSR count). The number of H-pyrrole nitrogens is 1. The molecule has 2 amide bonds. The number of carbonyl (C=O) groups is 2. The number of amides is 2. The molecule has 2 aromatic carbocycles. The number of hydrogen-bond donors (Lipinski definition) is 8. The Hall–Kier alpha value is -4.91. The van der Waals surface area contributed by atoms with Gasteiger partial charge in [-0.2, -0.15) is 4.98 Å². The molecule has 0 radical (unpaired) electrons. The molecule has 4 aromatic rings. The van der Waals surface area contributed by atoms with Gasteiger partial charge in [-0.15, -0.1) is 0 Å². The zero-order chi connectivity index (χ0) is 36.6. The van der Waals surface area contributed by atoms with Crippen LogP contribution in [-0.4, -0.2) is 56.6 Å². The minimum Gasteiger partial charge on any atom is -0.508 e. The standard InChI is InChI=1S/C39H51N9O4/c1-21-9-27(49)10-22(2)29(21)15-32(45-35(50)30(40)7-8-43-38(41)42)36(51)46-33(14-26-20-44-31-6-4-3-5-28(26)31)37-47-34(48-52-37)19-39-16-23-11-24(17-39)13-25(12-23)18-39/h3-6,9-10,20,23-25,30,32-33,44,49H,7-8,11-19,40H2,1-2H3,(H,45,50)(H,46,51)(H4,41,42,43). The van der Waals surface area contributed by atoms with Crippen LogP contribution in [0.4, 0.5) is 0 Å². The third-order valence-electron chi connectivity index (χ3n) is 11.7. The number of nitrogens with one attached hydrogen (secondary N) is 5. The average molecular weight is 710 g/mol. The van der Waals surface area contributed by atoms with Gasteiger partial charge >= 0.3 is 0 Å². The van der Waals surface area contributed by atoms with E-state index in [0.717, 1.165) is 57.3 Å². The zero-order valence-corrected chi connectivity index (χ0v) is 30.0. The minimum absolute atomic E-state index is 0.128. The molecule has 4 fully saturated rings. The number of hydrogen-bond acceptors (Lipinski definition) is 8. The first-order valence-corrected chi connectivity index (χ1v) is 18.5. The van der Waals surface area contributed by atoms with Gasteiger partial charge in [0.1, 0.15) is 17.8 Å². The lowest BCUT2D eigenvalue weighted by Gasteiger charge is -2.56. The molecule has 0 aliphatic heterocycles. The maximum Gasteiger partial charge on any atom is 0.249 e. The number of guanidine groups is 1. The molecule has 0 saturated heterocycles. The van der Waals surface area contributed by atoms with Gasteiger partial charge in [-0.1, -0.05) is 23.4 Å². The number of aromatic nitrogens is 3. The van der Waals surface area contributed by atoms with Gasteiger partial charge in [0, 0.05) is 42.9 Å². The second kappa shape index (κ2) is 14.6. The van der Waals surface area contributed by atoms with E-state index in [9.17, 15) is 14.7 Å². The van der Waals surface area contributed by atoms with Crippen molar-refractivity contribution in [1.82, 2.24) is 31.1 Å². The van der Waals surface area contributed by atoms with Crippen LogP contribution in [0, 0.1) is 42.4 Å². The second-order valence-electron chi connectivity index (χ2n) is 15.8. The lowest BCUT2D eigenvalue weighted by atomic mass is 9.49. The van der Waals surface area contributed by atoms with Gasteiger partial charge in [-0.25, -0.2) is 0 Å². The summed E-state index contributed by atoms with van der Waals surface area (Å²) in [5.41, 5.74) is 16.2. The molecule has 2 aromatic heterocycles. The van der Waals surface area contributed by atoms with Crippen molar-refractivity contribution in [3.63, 3.8) is 0 Å². The molecule has 4 bridgehead atoms. The molecule has 276 valence electrons. The van der Waals surface area contributed by atoms with Gasteiger partial charge in [0.05, 0.1) is 6.04 Å². The molecule has 10 N–H and O–H groups in total. The largest absolute Gasteiger partial charge is 0.508 e. The highest BCUT2D eigenvalue weighted by molar-refractivity contribution is 5.90. The summed E-state index contributed by atoms with van der Waals surface area (Å²) in [7, 11) is 0. The Bertz CT molecular complexity index is 1890. The van der Waals surface area contributed by atoms with Crippen LogP contribution in [-0.2, 0) is 28.9 Å². The average Bonchev–Trinajstić information content (AvgIpc) is 3.71. The molecule has 0 spiro atoms. The molecule has 13 heteroatoms. The summed E-state index contributed by atoms with van der Waals surface area (Å²) in [4.78, 5) is 36.1. The normalized spacial score (nSPS) is 23.6. The molecule has 4 aliphatic rings. The van der Waals surface area contributed by atoms with Crippen LogP contribution < -0.4 is 27.4 Å². The van der Waals surface area contributed by atoms with Gasteiger partial charge < -0.3 is 42.0 Å². The lowest BCUT2D eigenvalue weighted by Crippen LogP contribution is -2.53. The summed E-state index contributed by atoms with van der Waals surface area (Å²) < 4.78 is 5.98.